The van der Waals surface area contributed by atoms with E-state index in [1.165, 1.54) is 6.20 Å². The standard InChI is InChI=1S/C15H16N2O5/c1-4-22-15(21)11-7(2)5-9-10(8(11)3)6-16-17-12(9)13(18)14(19)20/h5-6,13,18H,4H2,1-3H3,(H,19,20). The van der Waals surface area contributed by atoms with Crippen LogP contribution in [-0.2, 0) is 9.53 Å². The Balaban J connectivity index is 2.73. The zero-order chi connectivity index (χ0) is 16.4. The van der Waals surface area contributed by atoms with Crippen molar-refractivity contribution in [2.45, 2.75) is 26.9 Å². The summed E-state index contributed by atoms with van der Waals surface area (Å²) in [4.78, 5) is 23.0. The number of carbonyl (C=O) groups is 2. The van der Waals surface area contributed by atoms with Crippen LogP contribution in [0.5, 0.6) is 0 Å². The molecule has 0 aliphatic rings. The number of benzene rings is 1. The van der Waals surface area contributed by atoms with Crippen LogP contribution < -0.4 is 0 Å². The van der Waals surface area contributed by atoms with Crippen LogP contribution in [0.25, 0.3) is 10.8 Å². The molecule has 2 rings (SSSR count). The van der Waals surface area contributed by atoms with Gasteiger partial charge in [0, 0.05) is 10.8 Å². The number of aryl methyl sites for hydroxylation is 2. The van der Waals surface area contributed by atoms with E-state index < -0.39 is 18.0 Å². The molecule has 0 amide bonds. The number of aliphatic hydroxyl groups excluding tert-OH is 1. The molecule has 1 aromatic heterocycles. The number of esters is 1. The molecule has 116 valence electrons. The second-order valence-corrected chi connectivity index (χ2v) is 4.85. The van der Waals surface area contributed by atoms with Gasteiger partial charge in [-0.2, -0.15) is 10.2 Å². The van der Waals surface area contributed by atoms with Crippen molar-refractivity contribution in [3.63, 3.8) is 0 Å². The van der Waals surface area contributed by atoms with Gasteiger partial charge in [-0.1, -0.05) is 0 Å². The van der Waals surface area contributed by atoms with Gasteiger partial charge in [-0.15, -0.1) is 0 Å². The summed E-state index contributed by atoms with van der Waals surface area (Å²) in [6.07, 6.45) is -0.339. The molecule has 1 unspecified atom stereocenters. The average molecular weight is 304 g/mol. The highest BCUT2D eigenvalue weighted by molar-refractivity contribution is 6.01. The van der Waals surface area contributed by atoms with Crippen molar-refractivity contribution >= 4 is 22.7 Å². The number of carboxylic acids is 1. The lowest BCUT2D eigenvalue weighted by Crippen LogP contribution is -2.15. The number of fused-ring (bicyclic) bond motifs is 1. The second-order valence-electron chi connectivity index (χ2n) is 4.85. The highest BCUT2D eigenvalue weighted by Crippen LogP contribution is 2.29. The normalized spacial score (nSPS) is 12.2. The fourth-order valence-corrected chi connectivity index (χ4v) is 2.42. The summed E-state index contributed by atoms with van der Waals surface area (Å²) in [5, 5.41) is 27.2. The van der Waals surface area contributed by atoms with Crippen LogP contribution in [0.2, 0.25) is 0 Å². The van der Waals surface area contributed by atoms with Crippen LogP contribution in [0.15, 0.2) is 12.3 Å². The van der Waals surface area contributed by atoms with Crippen molar-refractivity contribution < 1.29 is 24.5 Å². The van der Waals surface area contributed by atoms with Gasteiger partial charge in [0.2, 0.25) is 0 Å². The number of carboxylic acid groups (broad SMARTS) is 1. The molecule has 1 heterocycles. The van der Waals surface area contributed by atoms with Crippen molar-refractivity contribution in [1.82, 2.24) is 10.2 Å². The van der Waals surface area contributed by atoms with E-state index in [-0.39, 0.29) is 12.3 Å². The summed E-state index contributed by atoms with van der Waals surface area (Å²) in [6.45, 7) is 5.42. The Labute approximate surface area is 126 Å². The molecule has 0 fully saturated rings. The van der Waals surface area contributed by atoms with Gasteiger partial charge in [0.25, 0.3) is 0 Å². The molecule has 22 heavy (non-hydrogen) atoms. The zero-order valence-electron chi connectivity index (χ0n) is 12.5. The maximum atomic E-state index is 12.1. The number of aliphatic hydroxyl groups is 1. The Hall–Kier alpha value is -2.54. The van der Waals surface area contributed by atoms with Crippen LogP contribution in [-0.4, -0.2) is 39.0 Å². The van der Waals surface area contributed by atoms with Crippen molar-refractivity contribution in [1.29, 1.82) is 0 Å². The molecule has 0 aliphatic carbocycles. The van der Waals surface area contributed by atoms with E-state index in [2.05, 4.69) is 10.2 Å². The first-order valence-electron chi connectivity index (χ1n) is 6.72. The highest BCUT2D eigenvalue weighted by Gasteiger charge is 2.24. The van der Waals surface area contributed by atoms with E-state index in [9.17, 15) is 14.7 Å². The Morgan fingerprint density at radius 1 is 1.32 bits per heavy atom. The third-order valence-corrected chi connectivity index (χ3v) is 3.43. The number of ether oxygens (including phenoxy) is 1. The Kier molecular flexibility index (Phi) is 4.37. The number of nitrogens with zero attached hydrogens (tertiary/aromatic N) is 2. The predicted octanol–water partition coefficient (Wildman–Crippen LogP) is 1.54. The summed E-state index contributed by atoms with van der Waals surface area (Å²) in [6, 6.07) is 1.62. The average Bonchev–Trinajstić information content (AvgIpc) is 2.46. The minimum atomic E-state index is -1.77. The third-order valence-electron chi connectivity index (χ3n) is 3.43. The van der Waals surface area contributed by atoms with Gasteiger partial charge in [0.15, 0.2) is 6.10 Å². The summed E-state index contributed by atoms with van der Waals surface area (Å²) in [5.41, 5.74) is 1.60. The molecule has 2 aromatic rings. The van der Waals surface area contributed by atoms with Gasteiger partial charge < -0.3 is 14.9 Å². The summed E-state index contributed by atoms with van der Waals surface area (Å²) in [5.74, 6) is -1.86. The van der Waals surface area contributed by atoms with Crippen molar-refractivity contribution in [3.05, 3.63) is 34.6 Å². The van der Waals surface area contributed by atoms with Crippen LogP contribution in [0.4, 0.5) is 0 Å². The van der Waals surface area contributed by atoms with E-state index in [1.54, 1.807) is 26.8 Å². The lowest BCUT2D eigenvalue weighted by molar-refractivity contribution is -0.147. The summed E-state index contributed by atoms with van der Waals surface area (Å²) < 4.78 is 5.04. The lowest BCUT2D eigenvalue weighted by Gasteiger charge is -2.14. The van der Waals surface area contributed by atoms with Gasteiger partial charge in [-0.3, -0.25) is 0 Å². The molecule has 7 nitrogen and oxygen atoms in total. The van der Waals surface area contributed by atoms with Crippen LogP contribution >= 0.6 is 0 Å². The van der Waals surface area contributed by atoms with Gasteiger partial charge in [0.1, 0.15) is 5.69 Å². The quantitative estimate of drug-likeness (QED) is 0.824. The smallest absolute Gasteiger partial charge is 0.338 e. The maximum absolute atomic E-state index is 12.1. The first-order chi connectivity index (χ1) is 10.4. The van der Waals surface area contributed by atoms with Crippen molar-refractivity contribution in [2.24, 2.45) is 0 Å². The van der Waals surface area contributed by atoms with Crippen LogP contribution in [0.1, 0.15) is 40.2 Å². The number of aliphatic carboxylic acids is 1. The topological polar surface area (TPSA) is 110 Å². The molecule has 0 radical (unpaired) electrons. The minimum absolute atomic E-state index is 0.0494. The number of rotatable bonds is 4. The molecule has 2 N–H and O–H groups in total. The molecule has 0 aliphatic heterocycles. The molecule has 0 spiro atoms. The fourth-order valence-electron chi connectivity index (χ4n) is 2.42. The van der Waals surface area contributed by atoms with E-state index in [0.29, 0.717) is 27.5 Å². The molecule has 0 saturated heterocycles. The van der Waals surface area contributed by atoms with Crippen LogP contribution in [0, 0.1) is 13.8 Å². The largest absolute Gasteiger partial charge is 0.479 e. The molecule has 0 saturated carbocycles. The van der Waals surface area contributed by atoms with Crippen molar-refractivity contribution in [2.75, 3.05) is 6.61 Å². The number of hydrogen-bond donors (Lipinski definition) is 2. The third kappa shape index (κ3) is 2.62. The summed E-state index contributed by atoms with van der Waals surface area (Å²) >= 11 is 0. The first-order valence-corrected chi connectivity index (χ1v) is 6.72. The van der Waals surface area contributed by atoms with Gasteiger partial charge in [0.05, 0.1) is 18.4 Å². The summed E-state index contributed by atoms with van der Waals surface area (Å²) in [7, 11) is 0. The molecule has 1 aromatic carbocycles. The van der Waals surface area contributed by atoms with E-state index >= 15 is 0 Å². The molecule has 0 bridgehead atoms. The number of aromatic nitrogens is 2. The van der Waals surface area contributed by atoms with Crippen LogP contribution in [0.3, 0.4) is 0 Å². The van der Waals surface area contributed by atoms with E-state index in [1.807, 2.05) is 0 Å². The fraction of sp³-hybridized carbons (Fsp3) is 0.333. The van der Waals surface area contributed by atoms with E-state index in [0.717, 1.165) is 0 Å². The molecular weight excluding hydrogens is 288 g/mol. The number of carbonyl (C=O) groups excluding carboxylic acids is 1. The minimum Gasteiger partial charge on any atom is -0.479 e. The first kappa shape index (κ1) is 15.8. The monoisotopic (exact) mass is 304 g/mol. The van der Waals surface area contributed by atoms with Gasteiger partial charge in [-0.25, -0.2) is 9.59 Å². The molecule has 7 heteroatoms. The maximum Gasteiger partial charge on any atom is 0.338 e. The van der Waals surface area contributed by atoms with Gasteiger partial charge in [-0.05, 0) is 38.0 Å². The Morgan fingerprint density at radius 3 is 2.59 bits per heavy atom. The number of hydrogen-bond acceptors (Lipinski definition) is 6. The van der Waals surface area contributed by atoms with Crippen molar-refractivity contribution in [3.8, 4) is 0 Å². The second kappa shape index (κ2) is 6.07. The Bertz CT molecular complexity index is 757. The lowest BCUT2D eigenvalue weighted by atomic mass is 9.95. The Morgan fingerprint density at radius 2 is 2.00 bits per heavy atom. The van der Waals surface area contributed by atoms with E-state index in [4.69, 9.17) is 9.84 Å². The predicted molar refractivity (Wildman–Crippen MR) is 77.6 cm³/mol. The zero-order valence-corrected chi connectivity index (χ0v) is 12.5. The SMILES string of the molecule is CCOC(=O)c1c(C)cc2c(C(O)C(=O)O)nncc2c1C. The molecular formula is C15H16N2O5. The highest BCUT2D eigenvalue weighted by atomic mass is 16.5. The molecule has 1 atom stereocenters. The van der Waals surface area contributed by atoms with Gasteiger partial charge >= 0.3 is 11.9 Å².